The van der Waals surface area contributed by atoms with Crippen LogP contribution < -0.4 is 9.64 Å². The number of imide groups is 1. The standard InChI is InChI=1S/C30H23BrClNO6/c1-13-3-5-15(10-21(13)32)33-29(37)17-7-6-16-18(26(17)30(33)38)11-19-27(23(35)12-20(31)28(19)36)25(16)14-4-8-22(34)24(9-14)39-2/h3-6,8-10,12,17-18,25-26,34H,7,11H2,1-2H3/t17-,18+,25-,26-/m0/s1. The molecule has 2 aromatic rings. The van der Waals surface area contributed by atoms with E-state index in [2.05, 4.69) is 15.9 Å². The highest BCUT2D eigenvalue weighted by Crippen LogP contribution is 2.56. The maximum Gasteiger partial charge on any atom is 0.238 e. The average Bonchev–Trinajstić information content (AvgIpc) is 3.17. The summed E-state index contributed by atoms with van der Waals surface area (Å²) >= 11 is 9.55. The lowest BCUT2D eigenvalue weighted by Gasteiger charge is -2.42. The number of amides is 2. The zero-order valence-corrected chi connectivity index (χ0v) is 23.4. The number of hydrogen-bond donors (Lipinski definition) is 1. The molecule has 4 aliphatic rings. The summed E-state index contributed by atoms with van der Waals surface area (Å²) in [5.41, 5.74) is 3.42. The van der Waals surface area contributed by atoms with Crippen molar-refractivity contribution in [2.45, 2.75) is 25.7 Å². The molecule has 3 aliphatic carbocycles. The van der Waals surface area contributed by atoms with Crippen LogP contribution in [-0.4, -0.2) is 35.6 Å². The normalized spacial score (nSPS) is 26.2. The number of nitrogens with zero attached hydrogens (tertiary/aromatic N) is 1. The first-order valence-electron chi connectivity index (χ1n) is 12.5. The van der Waals surface area contributed by atoms with Gasteiger partial charge in [-0.3, -0.25) is 19.2 Å². The number of phenolic OH excluding ortho intramolecular Hbond substituents is 1. The molecule has 1 N–H and O–H groups in total. The van der Waals surface area contributed by atoms with E-state index in [1.165, 1.54) is 24.2 Å². The summed E-state index contributed by atoms with van der Waals surface area (Å²) in [6.07, 6.45) is 3.73. The number of phenols is 1. The van der Waals surface area contributed by atoms with Crippen molar-refractivity contribution in [3.63, 3.8) is 0 Å². The molecule has 39 heavy (non-hydrogen) atoms. The lowest BCUT2D eigenvalue weighted by Crippen LogP contribution is -2.39. The van der Waals surface area contributed by atoms with E-state index in [1.807, 2.05) is 13.0 Å². The highest BCUT2D eigenvalue weighted by Gasteiger charge is 2.56. The summed E-state index contributed by atoms with van der Waals surface area (Å²) in [5, 5.41) is 10.7. The molecule has 7 nitrogen and oxygen atoms in total. The quantitative estimate of drug-likeness (QED) is 0.287. The fourth-order valence-corrected chi connectivity index (χ4v) is 7.06. The molecule has 198 valence electrons. The molecule has 1 heterocycles. The minimum Gasteiger partial charge on any atom is -0.504 e. The average molecular weight is 609 g/mol. The third-order valence-corrected chi connectivity index (χ3v) is 9.28. The van der Waals surface area contributed by atoms with Crippen molar-refractivity contribution in [2.75, 3.05) is 12.0 Å². The van der Waals surface area contributed by atoms with Crippen LogP contribution in [0, 0.1) is 24.7 Å². The number of methoxy groups -OCH3 is 1. The monoisotopic (exact) mass is 607 g/mol. The Bertz CT molecular complexity index is 1600. The molecule has 0 aromatic heterocycles. The summed E-state index contributed by atoms with van der Waals surface area (Å²) in [6, 6.07) is 9.92. The zero-order valence-electron chi connectivity index (χ0n) is 21.0. The molecule has 1 fully saturated rings. The Hall–Kier alpha value is -3.49. The largest absolute Gasteiger partial charge is 0.504 e. The van der Waals surface area contributed by atoms with Crippen molar-refractivity contribution in [3.8, 4) is 11.5 Å². The smallest absolute Gasteiger partial charge is 0.238 e. The second-order valence-electron chi connectivity index (χ2n) is 10.3. The molecular formula is C30H23BrClNO6. The third kappa shape index (κ3) is 3.84. The van der Waals surface area contributed by atoms with Gasteiger partial charge in [-0.2, -0.15) is 0 Å². The molecule has 0 unspecified atom stereocenters. The van der Waals surface area contributed by atoms with Crippen molar-refractivity contribution in [2.24, 2.45) is 17.8 Å². The molecule has 0 radical (unpaired) electrons. The summed E-state index contributed by atoms with van der Waals surface area (Å²) < 4.78 is 5.49. The fourth-order valence-electron chi connectivity index (χ4n) is 6.44. The topological polar surface area (TPSA) is 101 Å². The molecule has 0 saturated carbocycles. The number of aromatic hydroxyl groups is 1. The fraction of sp³-hybridized carbons (Fsp3) is 0.267. The predicted molar refractivity (Wildman–Crippen MR) is 148 cm³/mol. The van der Waals surface area contributed by atoms with E-state index in [0.717, 1.165) is 11.1 Å². The van der Waals surface area contributed by atoms with Gasteiger partial charge >= 0.3 is 0 Å². The van der Waals surface area contributed by atoms with Gasteiger partial charge in [-0.1, -0.05) is 35.4 Å². The highest BCUT2D eigenvalue weighted by atomic mass is 79.9. The maximum absolute atomic E-state index is 14.0. The Labute approximate surface area is 237 Å². The molecule has 4 atom stereocenters. The number of allylic oxidation sites excluding steroid dienone is 6. The lowest BCUT2D eigenvalue weighted by atomic mass is 9.59. The minimum absolute atomic E-state index is 0.0573. The van der Waals surface area contributed by atoms with Crippen molar-refractivity contribution < 1.29 is 29.0 Å². The number of aryl methyl sites for hydroxylation is 1. The first-order valence-corrected chi connectivity index (χ1v) is 13.7. The molecule has 6 rings (SSSR count). The molecule has 2 aromatic carbocycles. The van der Waals surface area contributed by atoms with Gasteiger partial charge in [-0.05, 0) is 77.0 Å². The Kier molecular flexibility index (Phi) is 6.15. The van der Waals surface area contributed by atoms with Crippen LogP contribution in [0.3, 0.4) is 0 Å². The third-order valence-electron chi connectivity index (χ3n) is 8.28. The minimum atomic E-state index is -0.694. The highest BCUT2D eigenvalue weighted by molar-refractivity contribution is 9.12. The van der Waals surface area contributed by atoms with Gasteiger partial charge in [-0.25, -0.2) is 4.90 Å². The van der Waals surface area contributed by atoms with Crippen molar-refractivity contribution >= 4 is 56.6 Å². The van der Waals surface area contributed by atoms with E-state index in [4.69, 9.17) is 16.3 Å². The van der Waals surface area contributed by atoms with Gasteiger partial charge in [0.25, 0.3) is 0 Å². The molecular weight excluding hydrogens is 586 g/mol. The van der Waals surface area contributed by atoms with Crippen LogP contribution in [0.5, 0.6) is 11.5 Å². The molecule has 2 amide bonds. The van der Waals surface area contributed by atoms with Gasteiger partial charge in [0, 0.05) is 28.2 Å². The van der Waals surface area contributed by atoms with E-state index in [0.29, 0.717) is 33.8 Å². The van der Waals surface area contributed by atoms with Crippen LogP contribution in [0.15, 0.2) is 69.8 Å². The van der Waals surface area contributed by atoms with Gasteiger partial charge < -0.3 is 9.84 Å². The molecule has 1 saturated heterocycles. The molecule has 9 heteroatoms. The number of ketones is 2. The van der Waals surface area contributed by atoms with Crippen LogP contribution in [0.25, 0.3) is 0 Å². The molecule has 0 spiro atoms. The van der Waals surface area contributed by atoms with Gasteiger partial charge in [0.2, 0.25) is 11.8 Å². The number of carbonyl (C=O) groups is 4. The van der Waals surface area contributed by atoms with Crippen LogP contribution in [-0.2, 0) is 19.2 Å². The second-order valence-corrected chi connectivity index (χ2v) is 11.5. The first kappa shape index (κ1) is 25.8. The number of benzene rings is 2. The van der Waals surface area contributed by atoms with Crippen LogP contribution in [0.1, 0.15) is 29.9 Å². The lowest BCUT2D eigenvalue weighted by molar-refractivity contribution is -0.123. The summed E-state index contributed by atoms with van der Waals surface area (Å²) in [7, 11) is 1.43. The summed E-state index contributed by atoms with van der Waals surface area (Å²) in [5.74, 6) is -3.44. The van der Waals surface area contributed by atoms with Crippen molar-refractivity contribution in [1.29, 1.82) is 0 Å². The van der Waals surface area contributed by atoms with Crippen molar-refractivity contribution in [3.05, 3.63) is 85.9 Å². The zero-order chi connectivity index (χ0) is 27.7. The summed E-state index contributed by atoms with van der Waals surface area (Å²) in [6.45, 7) is 1.84. The van der Waals surface area contributed by atoms with Gasteiger partial charge in [-0.15, -0.1) is 0 Å². The van der Waals surface area contributed by atoms with Crippen molar-refractivity contribution in [1.82, 2.24) is 0 Å². The number of rotatable bonds is 3. The van der Waals surface area contributed by atoms with Crippen LogP contribution in [0.4, 0.5) is 5.69 Å². The van der Waals surface area contributed by atoms with Gasteiger partial charge in [0.05, 0.1) is 29.1 Å². The summed E-state index contributed by atoms with van der Waals surface area (Å²) in [4.78, 5) is 55.4. The number of fused-ring (bicyclic) bond motifs is 3. The number of carbonyl (C=O) groups excluding carboxylic acids is 4. The molecule has 1 aliphatic heterocycles. The van der Waals surface area contributed by atoms with Crippen LogP contribution in [0.2, 0.25) is 5.02 Å². The second kappa shape index (κ2) is 9.31. The number of Topliss-reactive ketones (excluding diaryl/α,β-unsaturated/α-hetero) is 1. The van der Waals surface area contributed by atoms with E-state index in [1.54, 1.807) is 30.3 Å². The Morgan fingerprint density at radius 3 is 2.54 bits per heavy atom. The Morgan fingerprint density at radius 2 is 1.82 bits per heavy atom. The SMILES string of the molecule is COc1cc([C@H]2C3=CC[C@@H]4C(=O)N(c5ccc(C)c(Cl)c5)C(=O)[C@@H]4[C@@H]3CC3=C2C(=O)C=C(Br)C3=O)ccc1O. The van der Waals surface area contributed by atoms with Gasteiger partial charge in [0.15, 0.2) is 23.1 Å². The predicted octanol–water partition coefficient (Wildman–Crippen LogP) is 5.33. The Balaban J connectivity index is 1.49. The number of ether oxygens (including phenoxy) is 1. The van der Waals surface area contributed by atoms with Crippen LogP contribution >= 0.6 is 27.5 Å². The number of hydrogen-bond acceptors (Lipinski definition) is 6. The van der Waals surface area contributed by atoms with E-state index < -0.39 is 23.7 Å². The maximum atomic E-state index is 14.0. The Morgan fingerprint density at radius 1 is 1.05 bits per heavy atom. The molecule has 0 bridgehead atoms. The first-order chi connectivity index (χ1) is 18.6. The number of anilines is 1. The van der Waals surface area contributed by atoms with E-state index >= 15 is 0 Å². The van der Waals surface area contributed by atoms with Gasteiger partial charge in [0.1, 0.15) is 0 Å². The van der Waals surface area contributed by atoms with E-state index in [9.17, 15) is 24.3 Å². The van der Waals surface area contributed by atoms with E-state index in [-0.39, 0.29) is 45.8 Å². The number of halogens is 2.